The monoisotopic (exact) mass is 504 g/mol. The minimum atomic E-state index is -4.69. The third kappa shape index (κ3) is 9.35. The van der Waals surface area contributed by atoms with Crippen molar-refractivity contribution in [3.63, 3.8) is 0 Å². The zero-order valence-corrected chi connectivity index (χ0v) is 20.4. The number of hydrogen-bond acceptors (Lipinski definition) is 8. The lowest BCUT2D eigenvalue weighted by Gasteiger charge is -2.24. The summed E-state index contributed by atoms with van der Waals surface area (Å²) >= 11 is 0. The average molecular weight is 505 g/mol. The van der Waals surface area contributed by atoms with Gasteiger partial charge in [-0.05, 0) is 34.5 Å². The predicted molar refractivity (Wildman–Crippen MR) is 120 cm³/mol. The Kier molecular flexibility index (Phi) is 9.94. The van der Waals surface area contributed by atoms with Crippen LogP contribution in [0.25, 0.3) is 0 Å². The first-order valence-electron chi connectivity index (χ1n) is 10.8. The third-order valence-electron chi connectivity index (χ3n) is 5.05. The lowest BCUT2D eigenvalue weighted by Crippen LogP contribution is -2.31. The molecule has 34 heavy (non-hydrogen) atoms. The molecule has 0 aromatic carbocycles. The molecule has 2 heterocycles. The number of anilines is 1. The number of aliphatic hydroxyl groups excluding tert-OH is 1. The number of aromatic nitrogens is 5. The van der Waals surface area contributed by atoms with E-state index in [1.807, 2.05) is 0 Å². The molecule has 0 fully saturated rings. The number of nitrogens with zero attached hydrogens (tertiary/aromatic N) is 5. The number of ether oxygens (including phenoxy) is 1. The normalized spacial score (nSPS) is 14.1. The predicted octanol–water partition coefficient (Wildman–Crippen LogP) is 2.76. The maximum atomic E-state index is 13.3. The van der Waals surface area contributed by atoms with Gasteiger partial charge in [0.25, 0.3) is 0 Å². The van der Waals surface area contributed by atoms with Gasteiger partial charge >= 0.3 is 12.1 Å². The number of hydrogen-bond donors (Lipinski definition) is 3. The van der Waals surface area contributed by atoms with Crippen molar-refractivity contribution in [2.45, 2.75) is 57.4 Å². The maximum absolute atomic E-state index is 13.3. The van der Waals surface area contributed by atoms with Crippen LogP contribution in [0.3, 0.4) is 0 Å². The molecular weight excluding hydrogens is 473 g/mol. The van der Waals surface area contributed by atoms with Crippen molar-refractivity contribution in [3.8, 4) is 0 Å². The van der Waals surface area contributed by atoms with Crippen LogP contribution < -0.4 is 5.32 Å². The molecule has 2 atom stereocenters. The highest BCUT2D eigenvalue weighted by Crippen LogP contribution is 2.36. The van der Waals surface area contributed by atoms with Crippen LogP contribution >= 0.6 is 0 Å². The van der Waals surface area contributed by atoms with E-state index < -0.39 is 38.5 Å². The molecule has 2 aromatic heterocycles. The average Bonchev–Trinajstić information content (AvgIpc) is 3.20. The molecule has 3 N–H and O–H groups in total. The van der Waals surface area contributed by atoms with E-state index in [-0.39, 0.29) is 32.1 Å². The zero-order valence-electron chi connectivity index (χ0n) is 19.4. The Hall–Kier alpha value is -2.58. The van der Waals surface area contributed by atoms with Crippen molar-refractivity contribution in [2.75, 3.05) is 25.1 Å². The van der Waals surface area contributed by atoms with Gasteiger partial charge in [0.05, 0.1) is 18.9 Å². The first-order valence-corrected chi connectivity index (χ1v) is 14.5. The summed E-state index contributed by atoms with van der Waals surface area (Å²) in [7, 11) is -1.35. The number of carboxylic acid groups (broad SMARTS) is 1. The number of alkyl halides is 3. The van der Waals surface area contributed by atoms with Gasteiger partial charge in [0.1, 0.15) is 12.5 Å². The molecule has 2 aromatic rings. The van der Waals surface area contributed by atoms with Crippen molar-refractivity contribution < 1.29 is 32.9 Å². The summed E-state index contributed by atoms with van der Waals surface area (Å²) in [5.41, 5.74) is 0.516. The fourth-order valence-corrected chi connectivity index (χ4v) is 4.01. The molecule has 0 saturated heterocycles. The summed E-state index contributed by atoms with van der Waals surface area (Å²) in [6.45, 7) is 7.09. The number of pyridine rings is 1. The number of aliphatic carboxylic acids is 1. The number of nitrogens with one attached hydrogen (secondary N) is 1. The molecule has 0 aliphatic heterocycles. The van der Waals surface area contributed by atoms with Crippen LogP contribution in [0.15, 0.2) is 18.3 Å². The Morgan fingerprint density at radius 3 is 2.59 bits per heavy atom. The van der Waals surface area contributed by atoms with E-state index in [1.165, 1.54) is 10.9 Å². The number of halogens is 3. The van der Waals surface area contributed by atoms with Crippen molar-refractivity contribution in [2.24, 2.45) is 5.92 Å². The molecule has 0 amide bonds. The lowest BCUT2D eigenvalue weighted by molar-refractivity contribution is -0.165. The molecule has 14 heteroatoms. The van der Waals surface area contributed by atoms with E-state index in [9.17, 15) is 23.1 Å². The number of carbonyl (C=O) groups is 1. The van der Waals surface area contributed by atoms with E-state index in [2.05, 4.69) is 45.5 Å². The molecule has 0 unspecified atom stereocenters. The van der Waals surface area contributed by atoms with E-state index in [4.69, 9.17) is 9.84 Å². The van der Waals surface area contributed by atoms with Crippen LogP contribution in [0.5, 0.6) is 0 Å². The molecule has 0 bridgehead atoms. The van der Waals surface area contributed by atoms with Crippen LogP contribution in [-0.4, -0.2) is 75.4 Å². The summed E-state index contributed by atoms with van der Waals surface area (Å²) in [4.78, 5) is 16.1. The van der Waals surface area contributed by atoms with Gasteiger partial charge in [-0.1, -0.05) is 25.7 Å². The SMILES string of the molecule is C[Si](C)(C)CCOCn1nnnc1[C@@H](Cc1ccc(NCCO)nc1)[C@H](CC(F)(F)F)C(=O)O. The Morgan fingerprint density at radius 2 is 2.03 bits per heavy atom. The third-order valence-corrected chi connectivity index (χ3v) is 6.76. The van der Waals surface area contributed by atoms with E-state index in [0.717, 1.165) is 6.04 Å². The number of rotatable bonds is 14. The standard InChI is InChI=1S/C20H31F3N6O4Si/c1-34(2,3)9-8-33-13-29-18(26-27-28-29)15(16(19(31)32)11-20(21,22)23)10-14-4-5-17(25-12-14)24-6-7-30/h4-5,12,15-16,30H,6-11,13H2,1-3H3,(H,24,25)(H,31,32)/t15-,16-/m0/s1. The van der Waals surface area contributed by atoms with Gasteiger partial charge in [0.15, 0.2) is 5.82 Å². The maximum Gasteiger partial charge on any atom is 0.389 e. The largest absolute Gasteiger partial charge is 0.481 e. The minimum Gasteiger partial charge on any atom is -0.481 e. The molecule has 190 valence electrons. The molecule has 0 radical (unpaired) electrons. The fourth-order valence-electron chi connectivity index (χ4n) is 3.25. The van der Waals surface area contributed by atoms with Crippen molar-refractivity contribution >= 4 is 19.9 Å². The number of carboxylic acids is 1. The van der Waals surface area contributed by atoms with Gasteiger partial charge in [-0.25, -0.2) is 9.67 Å². The van der Waals surface area contributed by atoms with Crippen LogP contribution in [0.1, 0.15) is 23.7 Å². The first kappa shape index (κ1) is 27.7. The summed E-state index contributed by atoms with van der Waals surface area (Å²) < 4.78 is 46.6. The van der Waals surface area contributed by atoms with Crippen LogP contribution in [-0.2, 0) is 22.7 Å². The van der Waals surface area contributed by atoms with Crippen molar-refractivity contribution in [3.05, 3.63) is 29.7 Å². The highest BCUT2D eigenvalue weighted by molar-refractivity contribution is 6.76. The first-order chi connectivity index (χ1) is 15.9. The summed E-state index contributed by atoms with van der Waals surface area (Å²) in [5, 5.41) is 32.7. The smallest absolute Gasteiger partial charge is 0.389 e. The number of tetrazole rings is 1. The number of aliphatic hydroxyl groups is 1. The highest BCUT2D eigenvalue weighted by atomic mass is 28.3. The summed E-state index contributed by atoms with van der Waals surface area (Å²) in [5.74, 6) is -4.09. The second-order valence-corrected chi connectivity index (χ2v) is 14.8. The minimum absolute atomic E-state index is 0.00661. The van der Waals surface area contributed by atoms with Crippen LogP contribution in [0, 0.1) is 5.92 Å². The Labute approximate surface area is 196 Å². The highest BCUT2D eigenvalue weighted by Gasteiger charge is 2.42. The van der Waals surface area contributed by atoms with Crippen molar-refractivity contribution in [1.82, 2.24) is 25.2 Å². The van der Waals surface area contributed by atoms with Crippen molar-refractivity contribution in [1.29, 1.82) is 0 Å². The van der Waals surface area contributed by atoms with E-state index >= 15 is 0 Å². The Bertz CT molecular complexity index is 905. The molecule has 10 nitrogen and oxygen atoms in total. The van der Waals surface area contributed by atoms with E-state index in [1.54, 1.807) is 12.1 Å². The van der Waals surface area contributed by atoms with Crippen LogP contribution in [0.4, 0.5) is 19.0 Å². The second kappa shape index (κ2) is 12.2. The Morgan fingerprint density at radius 1 is 1.29 bits per heavy atom. The van der Waals surface area contributed by atoms with Gasteiger partial charge in [-0.15, -0.1) is 5.10 Å². The molecule has 0 saturated carbocycles. The molecule has 2 rings (SSSR count). The molecule has 0 aliphatic carbocycles. The summed E-state index contributed by atoms with van der Waals surface area (Å²) in [6.07, 6.45) is -4.85. The fraction of sp³-hybridized carbons (Fsp3) is 0.650. The Balaban J connectivity index is 2.29. The molecular formula is C20H31F3N6O4Si. The van der Waals surface area contributed by atoms with Gasteiger partial charge in [0, 0.05) is 33.3 Å². The molecule has 0 spiro atoms. The van der Waals surface area contributed by atoms with Gasteiger partial charge in [-0.2, -0.15) is 13.2 Å². The lowest BCUT2D eigenvalue weighted by atomic mass is 9.84. The molecule has 0 aliphatic rings. The van der Waals surface area contributed by atoms with Gasteiger partial charge in [-0.3, -0.25) is 4.79 Å². The quantitative estimate of drug-likeness (QED) is 0.262. The zero-order chi connectivity index (χ0) is 25.4. The summed E-state index contributed by atoms with van der Waals surface area (Å²) in [6, 6.07) is 4.11. The van der Waals surface area contributed by atoms with Gasteiger partial charge in [0.2, 0.25) is 0 Å². The van der Waals surface area contributed by atoms with Gasteiger partial charge < -0.3 is 20.3 Å². The van der Waals surface area contributed by atoms with E-state index in [0.29, 0.717) is 18.0 Å². The van der Waals surface area contributed by atoms with Crippen LogP contribution in [0.2, 0.25) is 25.7 Å². The second-order valence-electron chi connectivity index (χ2n) is 9.16. The topological polar surface area (TPSA) is 135 Å².